The molecule has 0 aliphatic heterocycles. The number of anilines is 2. The van der Waals surface area contributed by atoms with Crippen LogP contribution >= 0.6 is 0 Å². The van der Waals surface area contributed by atoms with Crippen LogP contribution in [-0.4, -0.2) is 17.6 Å². The molecule has 0 saturated carbocycles. The first-order valence-electron chi connectivity index (χ1n) is 7.22. The standard InChI is InChI=1S/C18H18N2O3/c1-12-5-3-4-6-16(12)20-18(23)14-7-9-15(10-8-14)19-17(22)11-13(2)21/h3-10H,11H2,1-2H3,(H,19,22)(H,20,23). The Bertz CT molecular complexity index is 736. The molecule has 0 spiro atoms. The van der Waals surface area contributed by atoms with E-state index >= 15 is 0 Å². The summed E-state index contributed by atoms with van der Waals surface area (Å²) in [6, 6.07) is 14.0. The zero-order valence-electron chi connectivity index (χ0n) is 13.1. The summed E-state index contributed by atoms with van der Waals surface area (Å²) < 4.78 is 0. The fourth-order valence-electron chi connectivity index (χ4n) is 2.04. The van der Waals surface area contributed by atoms with Gasteiger partial charge in [-0.1, -0.05) is 18.2 Å². The molecule has 0 fully saturated rings. The normalized spacial score (nSPS) is 10.0. The second-order valence-corrected chi connectivity index (χ2v) is 5.27. The van der Waals surface area contributed by atoms with Gasteiger partial charge < -0.3 is 10.6 Å². The number of benzene rings is 2. The molecular weight excluding hydrogens is 292 g/mol. The van der Waals surface area contributed by atoms with Crippen LogP contribution in [0.5, 0.6) is 0 Å². The van der Waals surface area contributed by atoms with E-state index in [9.17, 15) is 14.4 Å². The van der Waals surface area contributed by atoms with Crippen molar-refractivity contribution in [3.63, 3.8) is 0 Å². The van der Waals surface area contributed by atoms with E-state index in [2.05, 4.69) is 10.6 Å². The van der Waals surface area contributed by atoms with Crippen molar-refractivity contribution in [2.75, 3.05) is 10.6 Å². The maximum Gasteiger partial charge on any atom is 0.255 e. The average Bonchev–Trinajstić information content (AvgIpc) is 2.49. The SMILES string of the molecule is CC(=O)CC(=O)Nc1ccc(C(=O)Nc2ccccc2C)cc1. The highest BCUT2D eigenvalue weighted by Crippen LogP contribution is 2.16. The lowest BCUT2D eigenvalue weighted by molar-refractivity contribution is -0.124. The van der Waals surface area contributed by atoms with Crippen LogP contribution in [0.3, 0.4) is 0 Å². The molecule has 5 nitrogen and oxygen atoms in total. The van der Waals surface area contributed by atoms with Crippen molar-refractivity contribution in [1.29, 1.82) is 0 Å². The highest BCUT2D eigenvalue weighted by molar-refractivity contribution is 6.06. The number of carbonyl (C=O) groups is 3. The second kappa shape index (κ2) is 7.35. The number of amides is 2. The number of nitrogens with one attached hydrogen (secondary N) is 2. The van der Waals surface area contributed by atoms with Gasteiger partial charge in [0.2, 0.25) is 5.91 Å². The molecule has 23 heavy (non-hydrogen) atoms. The van der Waals surface area contributed by atoms with Crippen molar-refractivity contribution in [1.82, 2.24) is 0 Å². The van der Waals surface area contributed by atoms with E-state index in [1.807, 2.05) is 31.2 Å². The minimum absolute atomic E-state index is 0.157. The first-order chi connectivity index (χ1) is 11.0. The molecule has 2 N–H and O–H groups in total. The van der Waals surface area contributed by atoms with Gasteiger partial charge in [-0.25, -0.2) is 0 Å². The molecule has 118 valence electrons. The maximum absolute atomic E-state index is 12.2. The van der Waals surface area contributed by atoms with E-state index in [4.69, 9.17) is 0 Å². The van der Waals surface area contributed by atoms with Gasteiger partial charge in [-0.3, -0.25) is 14.4 Å². The number of ketones is 1. The Balaban J connectivity index is 2.01. The Morgan fingerprint density at radius 2 is 1.57 bits per heavy atom. The largest absolute Gasteiger partial charge is 0.326 e. The van der Waals surface area contributed by atoms with E-state index in [0.717, 1.165) is 11.3 Å². The van der Waals surface area contributed by atoms with E-state index in [1.54, 1.807) is 24.3 Å². The first-order valence-corrected chi connectivity index (χ1v) is 7.22. The van der Waals surface area contributed by atoms with E-state index in [1.165, 1.54) is 6.92 Å². The van der Waals surface area contributed by atoms with Gasteiger partial charge in [0.15, 0.2) is 0 Å². The molecule has 0 heterocycles. The molecule has 0 aromatic heterocycles. The van der Waals surface area contributed by atoms with E-state index < -0.39 is 0 Å². The molecule has 0 bridgehead atoms. The van der Waals surface area contributed by atoms with Crippen LogP contribution in [0.25, 0.3) is 0 Å². The summed E-state index contributed by atoms with van der Waals surface area (Å²) in [5, 5.41) is 5.45. The van der Waals surface area contributed by atoms with Gasteiger partial charge in [0.1, 0.15) is 5.78 Å². The summed E-state index contributed by atoms with van der Waals surface area (Å²) in [6.45, 7) is 3.28. The number of carbonyl (C=O) groups excluding carboxylic acids is 3. The van der Waals surface area contributed by atoms with Crippen molar-refractivity contribution in [3.05, 3.63) is 59.7 Å². The maximum atomic E-state index is 12.2. The van der Waals surface area contributed by atoms with Gasteiger partial charge in [-0.2, -0.15) is 0 Å². The van der Waals surface area contributed by atoms with Gasteiger partial charge in [0, 0.05) is 16.9 Å². The minimum atomic E-state index is -0.366. The Hall–Kier alpha value is -2.95. The van der Waals surface area contributed by atoms with Crippen molar-refractivity contribution < 1.29 is 14.4 Å². The van der Waals surface area contributed by atoms with Crippen LogP contribution in [0.15, 0.2) is 48.5 Å². The number of rotatable bonds is 5. The third kappa shape index (κ3) is 4.78. The zero-order chi connectivity index (χ0) is 16.8. The minimum Gasteiger partial charge on any atom is -0.326 e. The predicted molar refractivity (Wildman–Crippen MR) is 89.5 cm³/mol. The molecule has 0 saturated heterocycles. The number of aryl methyl sites for hydroxylation is 1. The molecule has 0 aliphatic rings. The van der Waals surface area contributed by atoms with Gasteiger partial charge in [0.25, 0.3) is 5.91 Å². The van der Waals surface area contributed by atoms with Crippen molar-refractivity contribution in [3.8, 4) is 0 Å². The molecule has 0 radical (unpaired) electrons. The topological polar surface area (TPSA) is 75.3 Å². The van der Waals surface area contributed by atoms with Crippen molar-refractivity contribution in [2.24, 2.45) is 0 Å². The lowest BCUT2D eigenvalue weighted by Crippen LogP contribution is -2.15. The van der Waals surface area contributed by atoms with Crippen LogP contribution in [0, 0.1) is 6.92 Å². The highest BCUT2D eigenvalue weighted by Gasteiger charge is 2.09. The third-order valence-corrected chi connectivity index (χ3v) is 3.23. The number of para-hydroxylation sites is 1. The van der Waals surface area contributed by atoms with Crippen LogP contribution in [0.2, 0.25) is 0 Å². The summed E-state index contributed by atoms with van der Waals surface area (Å²) in [5.74, 6) is -0.785. The summed E-state index contributed by atoms with van der Waals surface area (Å²) >= 11 is 0. The smallest absolute Gasteiger partial charge is 0.255 e. The summed E-state index contributed by atoms with van der Waals surface area (Å²) in [7, 11) is 0. The fourth-order valence-corrected chi connectivity index (χ4v) is 2.04. The van der Waals surface area contributed by atoms with Crippen LogP contribution in [0.1, 0.15) is 29.3 Å². The monoisotopic (exact) mass is 310 g/mol. The van der Waals surface area contributed by atoms with E-state index in [-0.39, 0.29) is 24.0 Å². The van der Waals surface area contributed by atoms with Gasteiger partial charge >= 0.3 is 0 Å². The van der Waals surface area contributed by atoms with Gasteiger partial charge in [-0.05, 0) is 49.7 Å². The molecule has 0 aliphatic carbocycles. The van der Waals surface area contributed by atoms with Crippen LogP contribution < -0.4 is 10.6 Å². The van der Waals surface area contributed by atoms with Crippen molar-refractivity contribution >= 4 is 29.0 Å². The summed E-state index contributed by atoms with van der Waals surface area (Å²) in [5.41, 5.74) is 2.77. The summed E-state index contributed by atoms with van der Waals surface area (Å²) in [6.07, 6.45) is -0.157. The summed E-state index contributed by atoms with van der Waals surface area (Å²) in [4.78, 5) is 34.6. The Labute approximate surface area is 134 Å². The van der Waals surface area contributed by atoms with Gasteiger partial charge in [-0.15, -0.1) is 0 Å². The van der Waals surface area contributed by atoms with Crippen LogP contribution in [-0.2, 0) is 9.59 Å². The molecule has 5 heteroatoms. The highest BCUT2D eigenvalue weighted by atomic mass is 16.2. The predicted octanol–water partition coefficient (Wildman–Crippen LogP) is 3.16. The Morgan fingerprint density at radius 3 is 2.17 bits per heavy atom. The first kappa shape index (κ1) is 16.4. The van der Waals surface area contributed by atoms with Crippen LogP contribution in [0.4, 0.5) is 11.4 Å². The average molecular weight is 310 g/mol. The molecular formula is C18H18N2O3. The lowest BCUT2D eigenvalue weighted by Gasteiger charge is -2.09. The third-order valence-electron chi connectivity index (χ3n) is 3.23. The quantitative estimate of drug-likeness (QED) is 0.833. The molecule has 2 amide bonds. The lowest BCUT2D eigenvalue weighted by atomic mass is 10.1. The van der Waals surface area contributed by atoms with E-state index in [0.29, 0.717) is 11.3 Å². The second-order valence-electron chi connectivity index (χ2n) is 5.27. The molecule has 2 rings (SSSR count). The van der Waals surface area contributed by atoms with Gasteiger partial charge in [0.05, 0.1) is 6.42 Å². The molecule has 0 unspecified atom stereocenters. The number of Topliss-reactive ketones (excluding diaryl/α,β-unsaturated/α-hetero) is 1. The number of hydrogen-bond acceptors (Lipinski definition) is 3. The Kier molecular flexibility index (Phi) is 5.25. The fraction of sp³-hybridized carbons (Fsp3) is 0.167. The van der Waals surface area contributed by atoms with Crippen molar-refractivity contribution in [2.45, 2.75) is 20.3 Å². The molecule has 0 atom stereocenters. The number of hydrogen-bond donors (Lipinski definition) is 2. The molecule has 2 aromatic rings. The molecule has 2 aromatic carbocycles. The Morgan fingerprint density at radius 1 is 0.913 bits per heavy atom. The zero-order valence-corrected chi connectivity index (χ0v) is 13.1.